The molecule has 27 heavy (non-hydrogen) atoms. The fourth-order valence-electron chi connectivity index (χ4n) is 3.49. The van der Waals surface area contributed by atoms with E-state index in [1.807, 2.05) is 28.5 Å². The van der Waals surface area contributed by atoms with Gasteiger partial charge in [0.1, 0.15) is 11.6 Å². The van der Waals surface area contributed by atoms with E-state index in [-0.39, 0.29) is 11.8 Å². The highest BCUT2D eigenvalue weighted by Crippen LogP contribution is 2.25. The number of aromatic nitrogens is 2. The van der Waals surface area contributed by atoms with Crippen LogP contribution in [-0.4, -0.2) is 33.9 Å². The number of furan rings is 1. The van der Waals surface area contributed by atoms with Crippen molar-refractivity contribution < 1.29 is 9.21 Å². The van der Waals surface area contributed by atoms with Gasteiger partial charge in [-0.15, -0.1) is 11.3 Å². The number of thiophene rings is 1. The standard InChI is InChI=1S/C20H22N4O2S/c25-20(16-4-1-9-23(13-16)19-12-21-7-8-22-19)24(14-17-5-2-10-26-17)15-18-6-3-11-27-18/h2-3,5-8,10-12,16H,1,4,9,13-15H2/t16-/m1/s1. The fourth-order valence-corrected chi connectivity index (χ4v) is 4.21. The molecule has 1 saturated heterocycles. The summed E-state index contributed by atoms with van der Waals surface area (Å²) in [5.41, 5.74) is 0. The molecule has 6 nitrogen and oxygen atoms in total. The first-order chi connectivity index (χ1) is 13.3. The minimum atomic E-state index is -0.0457. The van der Waals surface area contributed by atoms with Gasteiger partial charge >= 0.3 is 0 Å². The molecule has 0 bridgehead atoms. The van der Waals surface area contributed by atoms with E-state index < -0.39 is 0 Å². The van der Waals surface area contributed by atoms with Crippen LogP contribution in [0.5, 0.6) is 0 Å². The Kier molecular flexibility index (Phi) is 5.48. The summed E-state index contributed by atoms with van der Waals surface area (Å²) in [5.74, 6) is 1.77. The summed E-state index contributed by atoms with van der Waals surface area (Å²) in [6.45, 7) is 2.69. The summed E-state index contributed by atoms with van der Waals surface area (Å²) in [6, 6.07) is 7.87. The molecule has 140 valence electrons. The maximum atomic E-state index is 13.4. The Balaban J connectivity index is 1.49. The number of piperidine rings is 1. The zero-order valence-corrected chi connectivity index (χ0v) is 15.8. The van der Waals surface area contributed by atoms with Crippen LogP contribution in [0.15, 0.2) is 58.9 Å². The first-order valence-electron chi connectivity index (χ1n) is 9.14. The Labute approximate surface area is 162 Å². The number of nitrogens with zero attached hydrogens (tertiary/aromatic N) is 4. The van der Waals surface area contributed by atoms with E-state index in [2.05, 4.69) is 20.9 Å². The molecule has 1 fully saturated rings. The smallest absolute Gasteiger partial charge is 0.228 e. The Morgan fingerprint density at radius 3 is 3.00 bits per heavy atom. The van der Waals surface area contributed by atoms with Gasteiger partial charge in [-0.25, -0.2) is 4.98 Å². The topological polar surface area (TPSA) is 62.5 Å². The number of carbonyl (C=O) groups excluding carboxylic acids is 1. The van der Waals surface area contributed by atoms with Crippen LogP contribution in [0.4, 0.5) is 5.82 Å². The second-order valence-electron chi connectivity index (χ2n) is 6.70. The molecule has 0 N–H and O–H groups in total. The van der Waals surface area contributed by atoms with Crippen LogP contribution in [0, 0.1) is 5.92 Å². The van der Waals surface area contributed by atoms with Crippen LogP contribution in [0.3, 0.4) is 0 Å². The van der Waals surface area contributed by atoms with Gasteiger partial charge in [0.25, 0.3) is 0 Å². The molecule has 1 aliphatic rings. The lowest BCUT2D eigenvalue weighted by Gasteiger charge is -2.35. The van der Waals surface area contributed by atoms with Crippen molar-refractivity contribution in [2.75, 3.05) is 18.0 Å². The number of amides is 1. The Morgan fingerprint density at radius 2 is 2.26 bits per heavy atom. The van der Waals surface area contributed by atoms with Crippen molar-refractivity contribution in [1.29, 1.82) is 0 Å². The van der Waals surface area contributed by atoms with E-state index in [0.717, 1.165) is 31.0 Å². The van der Waals surface area contributed by atoms with Crippen LogP contribution in [0.25, 0.3) is 0 Å². The fraction of sp³-hybridized carbons (Fsp3) is 0.350. The number of anilines is 1. The van der Waals surface area contributed by atoms with Gasteiger partial charge < -0.3 is 14.2 Å². The monoisotopic (exact) mass is 382 g/mol. The van der Waals surface area contributed by atoms with Crippen molar-refractivity contribution in [3.8, 4) is 0 Å². The third-order valence-corrected chi connectivity index (χ3v) is 5.67. The maximum Gasteiger partial charge on any atom is 0.228 e. The average molecular weight is 382 g/mol. The normalized spacial score (nSPS) is 17.0. The van der Waals surface area contributed by atoms with Crippen molar-refractivity contribution in [2.24, 2.45) is 5.92 Å². The largest absolute Gasteiger partial charge is 0.467 e. The van der Waals surface area contributed by atoms with Crippen molar-refractivity contribution in [3.05, 3.63) is 65.1 Å². The van der Waals surface area contributed by atoms with E-state index in [0.29, 0.717) is 19.6 Å². The lowest BCUT2D eigenvalue weighted by molar-refractivity contribution is -0.137. The summed E-state index contributed by atoms with van der Waals surface area (Å²) in [6.07, 6.45) is 8.65. The lowest BCUT2D eigenvalue weighted by atomic mass is 9.96. The number of rotatable bonds is 6. The quantitative estimate of drug-likeness (QED) is 0.652. The number of hydrogen-bond donors (Lipinski definition) is 0. The van der Waals surface area contributed by atoms with Gasteiger partial charge in [0.2, 0.25) is 5.91 Å². The average Bonchev–Trinajstić information content (AvgIpc) is 3.42. The summed E-state index contributed by atoms with van der Waals surface area (Å²) >= 11 is 1.67. The van der Waals surface area contributed by atoms with Crippen LogP contribution in [0.2, 0.25) is 0 Å². The molecule has 4 heterocycles. The second-order valence-corrected chi connectivity index (χ2v) is 7.73. The molecule has 1 amide bonds. The SMILES string of the molecule is O=C([C@@H]1CCCN(c2cnccn2)C1)N(Cc1ccco1)Cc1cccs1. The van der Waals surface area contributed by atoms with Gasteiger partial charge in [0.05, 0.1) is 31.5 Å². The van der Waals surface area contributed by atoms with E-state index in [9.17, 15) is 4.79 Å². The van der Waals surface area contributed by atoms with Crippen LogP contribution >= 0.6 is 11.3 Å². The van der Waals surface area contributed by atoms with Gasteiger partial charge in [-0.3, -0.25) is 9.78 Å². The maximum absolute atomic E-state index is 13.4. The molecule has 1 atom stereocenters. The number of carbonyl (C=O) groups is 1. The first-order valence-corrected chi connectivity index (χ1v) is 10.0. The Hall–Kier alpha value is -2.67. The Bertz CT molecular complexity index is 800. The van der Waals surface area contributed by atoms with Crippen LogP contribution in [0.1, 0.15) is 23.5 Å². The van der Waals surface area contributed by atoms with Gasteiger partial charge in [-0.05, 0) is 36.4 Å². The van der Waals surface area contributed by atoms with Crippen LogP contribution < -0.4 is 4.90 Å². The zero-order chi connectivity index (χ0) is 18.5. The second kappa shape index (κ2) is 8.35. The molecule has 3 aromatic rings. The summed E-state index contributed by atoms with van der Waals surface area (Å²) in [5, 5.41) is 2.04. The molecule has 7 heteroatoms. The summed E-state index contributed by atoms with van der Waals surface area (Å²) < 4.78 is 5.49. The first kappa shape index (κ1) is 17.7. The molecule has 0 radical (unpaired) electrons. The predicted molar refractivity (Wildman–Crippen MR) is 104 cm³/mol. The predicted octanol–water partition coefficient (Wildman–Crippen LogP) is 3.58. The third-order valence-electron chi connectivity index (χ3n) is 4.81. The van der Waals surface area contributed by atoms with E-state index >= 15 is 0 Å². The summed E-state index contributed by atoms with van der Waals surface area (Å²) in [7, 11) is 0. The van der Waals surface area contributed by atoms with Gasteiger partial charge in [0.15, 0.2) is 0 Å². The van der Waals surface area contributed by atoms with Crippen molar-refractivity contribution in [1.82, 2.24) is 14.9 Å². The highest BCUT2D eigenvalue weighted by Gasteiger charge is 2.30. The molecular formula is C20H22N4O2S. The minimum absolute atomic E-state index is 0.0457. The molecule has 1 aliphatic heterocycles. The molecule has 0 spiro atoms. The minimum Gasteiger partial charge on any atom is -0.467 e. The van der Waals surface area contributed by atoms with E-state index in [1.165, 1.54) is 4.88 Å². The lowest BCUT2D eigenvalue weighted by Crippen LogP contribution is -2.44. The number of hydrogen-bond acceptors (Lipinski definition) is 6. The van der Waals surface area contributed by atoms with E-state index in [4.69, 9.17) is 4.42 Å². The van der Waals surface area contributed by atoms with Gasteiger partial charge in [0, 0.05) is 30.4 Å². The van der Waals surface area contributed by atoms with E-state index in [1.54, 1.807) is 36.2 Å². The van der Waals surface area contributed by atoms with Crippen molar-refractivity contribution in [2.45, 2.75) is 25.9 Å². The highest BCUT2D eigenvalue weighted by atomic mass is 32.1. The Morgan fingerprint density at radius 1 is 1.30 bits per heavy atom. The van der Waals surface area contributed by atoms with Gasteiger partial charge in [-0.1, -0.05) is 6.07 Å². The molecule has 4 rings (SSSR count). The van der Waals surface area contributed by atoms with Crippen molar-refractivity contribution in [3.63, 3.8) is 0 Å². The highest BCUT2D eigenvalue weighted by molar-refractivity contribution is 7.09. The molecular weight excluding hydrogens is 360 g/mol. The molecule has 0 aromatic carbocycles. The van der Waals surface area contributed by atoms with Crippen LogP contribution in [-0.2, 0) is 17.9 Å². The molecule has 0 unspecified atom stereocenters. The van der Waals surface area contributed by atoms with Crippen molar-refractivity contribution >= 4 is 23.1 Å². The third kappa shape index (κ3) is 4.36. The molecule has 0 saturated carbocycles. The van der Waals surface area contributed by atoms with Gasteiger partial charge in [-0.2, -0.15) is 0 Å². The molecule has 3 aromatic heterocycles. The zero-order valence-electron chi connectivity index (χ0n) is 15.0. The molecule has 0 aliphatic carbocycles. The summed E-state index contributed by atoms with van der Waals surface area (Å²) in [4.78, 5) is 27.1.